The van der Waals surface area contributed by atoms with Crippen LogP contribution >= 0.6 is 0 Å². The van der Waals surface area contributed by atoms with E-state index in [9.17, 15) is 4.79 Å². The zero-order valence-corrected chi connectivity index (χ0v) is 15.5. The number of benzene rings is 1. The average Bonchev–Trinajstić information content (AvgIpc) is 2.61. The molecule has 1 aliphatic carbocycles. The molecule has 0 aliphatic heterocycles. The van der Waals surface area contributed by atoms with E-state index in [4.69, 9.17) is 9.84 Å². The Hall–Kier alpha value is -1.75. The topological polar surface area (TPSA) is 70.6 Å². The molecule has 3 N–H and O–H groups in total. The van der Waals surface area contributed by atoms with Crippen LogP contribution < -0.4 is 15.4 Å². The second-order valence-electron chi connectivity index (χ2n) is 7.40. The van der Waals surface area contributed by atoms with Crippen molar-refractivity contribution in [3.8, 4) is 5.75 Å². The minimum absolute atomic E-state index is 0.0932. The number of hydrogen-bond donors (Lipinski definition) is 3. The lowest BCUT2D eigenvalue weighted by molar-refractivity contribution is 0.174. The van der Waals surface area contributed by atoms with Crippen LogP contribution in [-0.4, -0.2) is 36.9 Å². The van der Waals surface area contributed by atoms with Crippen molar-refractivity contribution in [3.05, 3.63) is 29.8 Å². The Balaban J connectivity index is 1.62. The Morgan fingerprint density at radius 2 is 1.88 bits per heavy atom. The lowest BCUT2D eigenvalue weighted by Crippen LogP contribution is -2.44. The minimum atomic E-state index is -0.0932. The van der Waals surface area contributed by atoms with Crippen LogP contribution in [0.1, 0.15) is 45.1 Å². The summed E-state index contributed by atoms with van der Waals surface area (Å²) < 4.78 is 5.67. The number of carbonyl (C=O) groups is 1. The first-order valence-corrected chi connectivity index (χ1v) is 9.43. The standard InChI is InChI=1S/C20H32N2O3/c1-15(2)14-25-19-9-5-16(6-10-19)11-12-21-20(24)22-18-7-3-17(13-23)4-8-18/h5-6,9-10,15,17-18,23H,3-4,7-8,11-14H2,1-2H3,(H2,21,22,24). The summed E-state index contributed by atoms with van der Waals surface area (Å²) in [6.07, 6.45) is 4.70. The summed E-state index contributed by atoms with van der Waals surface area (Å²) in [6.45, 7) is 5.86. The third-order valence-corrected chi connectivity index (χ3v) is 4.65. The van der Waals surface area contributed by atoms with Crippen molar-refractivity contribution in [2.45, 2.75) is 52.0 Å². The summed E-state index contributed by atoms with van der Waals surface area (Å²) in [7, 11) is 0. The highest BCUT2D eigenvalue weighted by molar-refractivity contribution is 5.74. The van der Waals surface area contributed by atoms with Crippen LogP contribution in [0.2, 0.25) is 0 Å². The van der Waals surface area contributed by atoms with Gasteiger partial charge >= 0.3 is 6.03 Å². The zero-order chi connectivity index (χ0) is 18.1. The van der Waals surface area contributed by atoms with Gasteiger partial charge in [-0.15, -0.1) is 0 Å². The second-order valence-corrected chi connectivity index (χ2v) is 7.40. The second kappa shape index (κ2) is 10.3. The maximum atomic E-state index is 12.0. The van der Waals surface area contributed by atoms with Gasteiger partial charge in [0, 0.05) is 19.2 Å². The van der Waals surface area contributed by atoms with E-state index >= 15 is 0 Å². The fraction of sp³-hybridized carbons (Fsp3) is 0.650. The Labute approximate surface area is 151 Å². The predicted molar refractivity (Wildman–Crippen MR) is 99.8 cm³/mol. The number of hydrogen-bond acceptors (Lipinski definition) is 3. The largest absolute Gasteiger partial charge is 0.493 e. The molecule has 1 saturated carbocycles. The first kappa shape index (κ1) is 19.6. The highest BCUT2D eigenvalue weighted by Crippen LogP contribution is 2.23. The van der Waals surface area contributed by atoms with Crippen molar-refractivity contribution in [1.29, 1.82) is 0 Å². The molecule has 25 heavy (non-hydrogen) atoms. The van der Waals surface area contributed by atoms with Crippen LogP contribution in [0, 0.1) is 11.8 Å². The van der Waals surface area contributed by atoms with Crippen LogP contribution in [0.4, 0.5) is 4.79 Å². The molecule has 2 rings (SSSR count). The van der Waals surface area contributed by atoms with Crippen LogP contribution in [0.3, 0.4) is 0 Å². The molecule has 5 heteroatoms. The third kappa shape index (κ3) is 7.34. The van der Waals surface area contributed by atoms with Crippen molar-refractivity contribution < 1.29 is 14.6 Å². The van der Waals surface area contributed by atoms with Gasteiger partial charge in [-0.1, -0.05) is 26.0 Å². The molecule has 1 fully saturated rings. The number of nitrogens with one attached hydrogen (secondary N) is 2. The number of rotatable bonds is 8. The number of urea groups is 1. The van der Waals surface area contributed by atoms with E-state index in [1.54, 1.807) is 0 Å². The molecule has 0 heterocycles. The van der Waals surface area contributed by atoms with E-state index in [2.05, 4.69) is 24.5 Å². The van der Waals surface area contributed by atoms with E-state index in [0.717, 1.165) is 44.5 Å². The molecular formula is C20H32N2O3. The molecule has 0 unspecified atom stereocenters. The molecule has 1 aromatic rings. The summed E-state index contributed by atoms with van der Waals surface area (Å²) in [5.41, 5.74) is 1.18. The lowest BCUT2D eigenvalue weighted by atomic mass is 9.87. The molecule has 0 bridgehead atoms. The Bertz CT molecular complexity index is 508. The maximum Gasteiger partial charge on any atom is 0.315 e. The molecule has 1 aromatic carbocycles. The number of aliphatic hydroxyl groups is 1. The highest BCUT2D eigenvalue weighted by atomic mass is 16.5. The van der Waals surface area contributed by atoms with Gasteiger partial charge < -0.3 is 20.5 Å². The fourth-order valence-electron chi connectivity index (χ4n) is 3.06. The molecule has 5 nitrogen and oxygen atoms in total. The van der Waals surface area contributed by atoms with E-state index in [0.29, 0.717) is 18.4 Å². The molecule has 0 spiro atoms. The highest BCUT2D eigenvalue weighted by Gasteiger charge is 2.21. The Morgan fingerprint density at radius 1 is 1.20 bits per heavy atom. The van der Waals surface area contributed by atoms with E-state index in [1.807, 2.05) is 24.3 Å². The lowest BCUT2D eigenvalue weighted by Gasteiger charge is -2.27. The smallest absolute Gasteiger partial charge is 0.315 e. The normalized spacial score (nSPS) is 20.3. The van der Waals surface area contributed by atoms with Gasteiger partial charge in [0.25, 0.3) is 0 Å². The van der Waals surface area contributed by atoms with Crippen molar-refractivity contribution in [1.82, 2.24) is 10.6 Å². The monoisotopic (exact) mass is 348 g/mol. The number of amides is 2. The summed E-state index contributed by atoms with van der Waals surface area (Å²) in [5.74, 6) is 1.82. The average molecular weight is 348 g/mol. The van der Waals surface area contributed by atoms with Gasteiger partial charge in [0.1, 0.15) is 5.75 Å². The van der Waals surface area contributed by atoms with Crippen molar-refractivity contribution in [2.75, 3.05) is 19.8 Å². The van der Waals surface area contributed by atoms with Gasteiger partial charge in [-0.25, -0.2) is 4.79 Å². The summed E-state index contributed by atoms with van der Waals surface area (Å²) in [4.78, 5) is 12.0. The van der Waals surface area contributed by atoms with Crippen molar-refractivity contribution in [2.24, 2.45) is 11.8 Å². The van der Waals surface area contributed by atoms with E-state index in [1.165, 1.54) is 5.56 Å². The molecule has 140 valence electrons. The van der Waals surface area contributed by atoms with Crippen LogP contribution in [0.5, 0.6) is 5.75 Å². The van der Waals surface area contributed by atoms with Crippen LogP contribution in [0.15, 0.2) is 24.3 Å². The van der Waals surface area contributed by atoms with Gasteiger partial charge in [0.2, 0.25) is 0 Å². The van der Waals surface area contributed by atoms with Gasteiger partial charge in [0.15, 0.2) is 0 Å². The van der Waals surface area contributed by atoms with E-state index in [-0.39, 0.29) is 18.7 Å². The summed E-state index contributed by atoms with van der Waals surface area (Å²) in [5, 5.41) is 15.1. The maximum absolute atomic E-state index is 12.0. The van der Waals surface area contributed by atoms with E-state index < -0.39 is 0 Å². The van der Waals surface area contributed by atoms with Crippen LogP contribution in [0.25, 0.3) is 0 Å². The van der Waals surface area contributed by atoms with Crippen molar-refractivity contribution >= 4 is 6.03 Å². The SMILES string of the molecule is CC(C)COc1ccc(CCNC(=O)NC2CCC(CO)CC2)cc1. The van der Waals surface area contributed by atoms with Gasteiger partial charge in [0.05, 0.1) is 6.61 Å². The molecular weight excluding hydrogens is 316 g/mol. The Kier molecular flexibility index (Phi) is 8.06. The van der Waals surface area contributed by atoms with Crippen LogP contribution in [-0.2, 0) is 6.42 Å². The molecule has 0 aromatic heterocycles. The number of aliphatic hydroxyl groups excluding tert-OH is 1. The summed E-state index contributed by atoms with van der Waals surface area (Å²) >= 11 is 0. The molecule has 0 radical (unpaired) electrons. The Morgan fingerprint density at radius 3 is 2.48 bits per heavy atom. The van der Waals surface area contributed by atoms with Gasteiger partial charge in [-0.05, 0) is 61.6 Å². The first-order chi connectivity index (χ1) is 12.1. The fourth-order valence-corrected chi connectivity index (χ4v) is 3.06. The quantitative estimate of drug-likeness (QED) is 0.676. The first-order valence-electron chi connectivity index (χ1n) is 9.43. The van der Waals surface area contributed by atoms with Gasteiger partial charge in [-0.3, -0.25) is 0 Å². The van der Waals surface area contributed by atoms with Crippen molar-refractivity contribution in [3.63, 3.8) is 0 Å². The molecule has 1 aliphatic rings. The third-order valence-electron chi connectivity index (χ3n) is 4.65. The molecule has 0 saturated heterocycles. The molecule has 0 atom stereocenters. The van der Waals surface area contributed by atoms with Gasteiger partial charge in [-0.2, -0.15) is 0 Å². The number of carbonyl (C=O) groups excluding carboxylic acids is 1. The zero-order valence-electron chi connectivity index (χ0n) is 15.5. The number of ether oxygens (including phenoxy) is 1. The summed E-state index contributed by atoms with van der Waals surface area (Å²) in [6, 6.07) is 8.20. The minimum Gasteiger partial charge on any atom is -0.493 e. The predicted octanol–water partition coefficient (Wildman–Crippen LogP) is 3.11. The molecule has 2 amide bonds.